The van der Waals surface area contributed by atoms with Crippen molar-refractivity contribution in [1.29, 1.82) is 0 Å². The summed E-state index contributed by atoms with van der Waals surface area (Å²) in [4.78, 5) is 27.7. The molecule has 0 radical (unpaired) electrons. The van der Waals surface area contributed by atoms with Crippen molar-refractivity contribution in [3.8, 4) is 0 Å². The predicted molar refractivity (Wildman–Crippen MR) is 88.4 cm³/mol. The van der Waals surface area contributed by atoms with E-state index in [4.69, 9.17) is 5.02 Å². The highest BCUT2D eigenvalue weighted by Gasteiger charge is 2.29. The van der Waals surface area contributed by atoms with E-state index in [-0.39, 0.29) is 44.3 Å². The van der Waals surface area contributed by atoms with Crippen LogP contribution in [0.25, 0.3) is 0 Å². The first kappa shape index (κ1) is 19.2. The smallest absolute Gasteiger partial charge is 0.304 e. The Bertz CT molecular complexity index is 470. The van der Waals surface area contributed by atoms with Crippen molar-refractivity contribution in [3.63, 3.8) is 0 Å². The zero-order chi connectivity index (χ0) is 17.2. The minimum Gasteiger partial charge on any atom is -0.449 e. The molecule has 1 aliphatic rings. The third-order valence-corrected chi connectivity index (χ3v) is 3.37. The molecule has 128 valence electrons. The maximum absolute atomic E-state index is 12.0. The number of carbonyl (C=O) groups excluding carboxylic acids is 2. The first-order chi connectivity index (χ1) is 11.0. The van der Waals surface area contributed by atoms with Crippen molar-refractivity contribution >= 4 is 19.3 Å². The van der Waals surface area contributed by atoms with Crippen LogP contribution in [0.2, 0.25) is 0 Å². The number of allylic oxidation sites excluding steroid dienone is 3. The van der Waals surface area contributed by atoms with Crippen molar-refractivity contribution in [1.82, 2.24) is 21.4 Å². The normalized spacial score (nSPS) is 20.7. The second-order valence-electron chi connectivity index (χ2n) is 5.45. The molecule has 1 rings (SSSR count). The summed E-state index contributed by atoms with van der Waals surface area (Å²) in [5.74, 6) is -0.405. The fraction of sp³-hybridized carbons (Fsp3) is 0.571. The van der Waals surface area contributed by atoms with E-state index >= 15 is 0 Å². The molecule has 9 heteroatoms. The average molecular weight is 324 g/mol. The van der Waals surface area contributed by atoms with Crippen molar-refractivity contribution in [2.45, 2.75) is 31.8 Å². The van der Waals surface area contributed by atoms with Gasteiger partial charge in [-0.25, -0.2) is 5.48 Å². The van der Waals surface area contributed by atoms with Crippen LogP contribution >= 0.6 is 0 Å². The number of rotatable bonds is 9. The van der Waals surface area contributed by atoms with Gasteiger partial charge in [-0.2, -0.15) is 0 Å². The summed E-state index contributed by atoms with van der Waals surface area (Å²) in [6.45, 7) is 6.52. The van der Waals surface area contributed by atoms with Crippen molar-refractivity contribution in [2.24, 2.45) is 0 Å². The van der Waals surface area contributed by atoms with Crippen LogP contribution in [-0.4, -0.2) is 56.6 Å². The van der Waals surface area contributed by atoms with Crippen LogP contribution in [0.4, 0.5) is 0 Å². The SMILES string of the molecule is C=C(BO)/C=C(\C)N[C@H]1CNC(C(=O)NCCC(=O)NOC)C1. The van der Waals surface area contributed by atoms with Gasteiger partial charge >= 0.3 is 7.48 Å². The second kappa shape index (κ2) is 10.0. The molecule has 0 saturated carbocycles. The molecule has 1 fully saturated rings. The maximum atomic E-state index is 12.0. The van der Waals surface area contributed by atoms with Gasteiger partial charge in [-0.3, -0.25) is 14.4 Å². The highest BCUT2D eigenvalue weighted by molar-refractivity contribution is 6.37. The molecular weight excluding hydrogens is 299 g/mol. The molecule has 0 spiro atoms. The summed E-state index contributed by atoms with van der Waals surface area (Å²) in [6, 6.07) is -0.155. The van der Waals surface area contributed by atoms with Crippen LogP contribution in [0.3, 0.4) is 0 Å². The third-order valence-electron chi connectivity index (χ3n) is 3.37. The number of amides is 2. The molecule has 0 aromatic carbocycles. The summed E-state index contributed by atoms with van der Waals surface area (Å²) in [5, 5.41) is 18.1. The Kier molecular flexibility index (Phi) is 8.38. The molecule has 0 aromatic heterocycles. The van der Waals surface area contributed by atoms with Gasteiger partial charge in [0, 0.05) is 31.2 Å². The fourth-order valence-electron chi connectivity index (χ4n) is 2.35. The molecule has 0 aromatic rings. The van der Waals surface area contributed by atoms with Gasteiger partial charge < -0.3 is 21.0 Å². The van der Waals surface area contributed by atoms with Gasteiger partial charge in [0.25, 0.3) is 0 Å². The lowest BCUT2D eigenvalue weighted by Crippen LogP contribution is -2.41. The highest BCUT2D eigenvalue weighted by Crippen LogP contribution is 2.09. The summed E-state index contributed by atoms with van der Waals surface area (Å²) in [6.07, 6.45) is 2.59. The minimum atomic E-state index is -0.285. The lowest BCUT2D eigenvalue weighted by Gasteiger charge is -2.14. The molecule has 1 unspecified atom stereocenters. The first-order valence-corrected chi connectivity index (χ1v) is 7.52. The Morgan fingerprint density at radius 3 is 2.91 bits per heavy atom. The van der Waals surface area contributed by atoms with Gasteiger partial charge in [0.05, 0.1) is 13.2 Å². The largest absolute Gasteiger partial charge is 0.449 e. The van der Waals surface area contributed by atoms with Gasteiger partial charge in [0.2, 0.25) is 11.8 Å². The monoisotopic (exact) mass is 324 g/mol. The Hall–Kier alpha value is -1.84. The molecule has 0 aliphatic carbocycles. The number of hydroxylamine groups is 1. The van der Waals surface area contributed by atoms with E-state index in [0.717, 1.165) is 5.70 Å². The van der Waals surface area contributed by atoms with Crippen molar-refractivity contribution in [3.05, 3.63) is 23.8 Å². The molecule has 23 heavy (non-hydrogen) atoms. The van der Waals surface area contributed by atoms with Gasteiger partial charge in [-0.1, -0.05) is 5.47 Å². The second-order valence-corrected chi connectivity index (χ2v) is 5.45. The molecule has 1 aliphatic heterocycles. The molecule has 5 N–H and O–H groups in total. The number of nitrogens with one attached hydrogen (secondary N) is 4. The Morgan fingerprint density at radius 1 is 1.52 bits per heavy atom. The topological polar surface area (TPSA) is 112 Å². The Balaban J connectivity index is 2.30. The molecule has 0 bridgehead atoms. The lowest BCUT2D eigenvalue weighted by molar-refractivity contribution is -0.131. The first-order valence-electron chi connectivity index (χ1n) is 7.52. The summed E-state index contributed by atoms with van der Waals surface area (Å²) >= 11 is 0. The molecule has 8 nitrogen and oxygen atoms in total. The van der Waals surface area contributed by atoms with Gasteiger partial charge in [0.15, 0.2) is 0 Å². The average Bonchev–Trinajstić information content (AvgIpc) is 2.95. The van der Waals surface area contributed by atoms with Crippen LogP contribution in [0.15, 0.2) is 23.8 Å². The predicted octanol–water partition coefficient (Wildman–Crippen LogP) is -1.75. The Labute approximate surface area is 137 Å². The van der Waals surface area contributed by atoms with Crippen LogP contribution < -0.4 is 21.4 Å². The molecule has 1 heterocycles. The van der Waals surface area contributed by atoms with Crippen LogP contribution in [0.1, 0.15) is 19.8 Å². The molecule has 1 saturated heterocycles. The summed E-state index contributed by atoms with van der Waals surface area (Å²) in [5.41, 5.74) is 3.72. The van der Waals surface area contributed by atoms with E-state index in [1.807, 2.05) is 6.92 Å². The zero-order valence-electron chi connectivity index (χ0n) is 13.6. The summed E-state index contributed by atoms with van der Waals surface area (Å²) in [7, 11) is 1.28. The van der Waals surface area contributed by atoms with Crippen LogP contribution in [0.5, 0.6) is 0 Å². The zero-order valence-corrected chi connectivity index (χ0v) is 13.6. The van der Waals surface area contributed by atoms with E-state index in [0.29, 0.717) is 18.4 Å². The highest BCUT2D eigenvalue weighted by atomic mass is 16.6. The number of hydrogen-bond donors (Lipinski definition) is 5. The quantitative estimate of drug-likeness (QED) is 0.195. The number of hydrogen-bond acceptors (Lipinski definition) is 6. The third kappa shape index (κ3) is 7.31. The molecule has 2 atom stereocenters. The van der Waals surface area contributed by atoms with Crippen LogP contribution in [0, 0.1) is 0 Å². The van der Waals surface area contributed by atoms with Gasteiger partial charge in [-0.05, 0) is 19.4 Å². The molecule has 2 amide bonds. The van der Waals surface area contributed by atoms with Crippen molar-refractivity contribution in [2.75, 3.05) is 20.2 Å². The van der Waals surface area contributed by atoms with Gasteiger partial charge in [-0.15, -0.1) is 6.58 Å². The van der Waals surface area contributed by atoms with Crippen LogP contribution in [-0.2, 0) is 14.4 Å². The van der Waals surface area contributed by atoms with E-state index < -0.39 is 0 Å². The fourth-order valence-corrected chi connectivity index (χ4v) is 2.35. The van der Waals surface area contributed by atoms with E-state index in [1.54, 1.807) is 6.08 Å². The van der Waals surface area contributed by atoms with Crippen molar-refractivity contribution < 1.29 is 19.5 Å². The van der Waals surface area contributed by atoms with E-state index in [2.05, 4.69) is 32.8 Å². The minimum absolute atomic E-state index is 0.0797. The summed E-state index contributed by atoms with van der Waals surface area (Å²) < 4.78 is 0. The molecular formula is C14H25BN4O4. The Morgan fingerprint density at radius 2 is 2.26 bits per heavy atom. The van der Waals surface area contributed by atoms with E-state index in [1.165, 1.54) is 7.11 Å². The maximum Gasteiger partial charge on any atom is 0.304 e. The van der Waals surface area contributed by atoms with Gasteiger partial charge in [0.1, 0.15) is 0 Å². The lowest BCUT2D eigenvalue weighted by atomic mass is 9.89. The number of carbonyl (C=O) groups is 2. The standard InChI is InChI=1S/C14H25BN4O4/c1-9(15-22)6-10(2)18-11-7-12(17-8-11)14(21)16-5-4-13(20)19-23-3/h6,11-12,15,17-18,22H,1,4-5,7-8H2,2-3H3,(H,16,21)(H,19,20)/b10-6+/t11-,12?/m1/s1. The van der Waals surface area contributed by atoms with E-state index in [9.17, 15) is 9.59 Å².